The topological polar surface area (TPSA) is 76.9 Å². The number of anilines is 1. The largest absolute Gasteiger partial charge is 0.393 e. The van der Waals surface area contributed by atoms with Crippen molar-refractivity contribution in [3.8, 4) is 0 Å². The number of nitrogens with zero attached hydrogens (tertiary/aromatic N) is 3. The Balaban J connectivity index is 1.05. The van der Waals surface area contributed by atoms with Crippen LogP contribution in [0.4, 0.5) is 5.82 Å². The van der Waals surface area contributed by atoms with Crippen LogP contribution >= 0.6 is 0 Å². The van der Waals surface area contributed by atoms with E-state index in [-0.39, 0.29) is 23.0 Å². The van der Waals surface area contributed by atoms with Crippen molar-refractivity contribution in [2.45, 2.75) is 97.2 Å². The van der Waals surface area contributed by atoms with Gasteiger partial charge in [0.15, 0.2) is 0 Å². The standard InChI is InChI=1S/C33H51N3O3/c1-22(7-10-30(39)36-18-16-35(17-19-36)29-6-4-5-15-34-29)25-8-9-26-31-27(12-14-33(25,26)3)32(2)13-11-24(37)20-23(32)21-28(31)38/h4-6,15,22-28,31,37-38H,7-14,16-21H2,1-3H3/t22-,23+,24-,25-,26+,27+,28-,31+,32+,33-/m1/s1. The van der Waals surface area contributed by atoms with Gasteiger partial charge < -0.3 is 20.0 Å². The van der Waals surface area contributed by atoms with Crippen molar-refractivity contribution in [1.29, 1.82) is 0 Å². The van der Waals surface area contributed by atoms with Crippen LogP contribution in [0.1, 0.15) is 85.0 Å². The lowest BCUT2D eigenvalue weighted by Gasteiger charge is -2.62. The Morgan fingerprint density at radius 1 is 1.00 bits per heavy atom. The van der Waals surface area contributed by atoms with E-state index in [1.165, 1.54) is 25.7 Å². The quantitative estimate of drug-likeness (QED) is 0.544. The molecule has 5 fully saturated rings. The van der Waals surface area contributed by atoms with E-state index in [2.05, 4.69) is 35.6 Å². The summed E-state index contributed by atoms with van der Waals surface area (Å²) in [6.45, 7) is 10.7. The van der Waals surface area contributed by atoms with Gasteiger partial charge in [-0.05, 0) is 116 Å². The molecule has 6 heteroatoms. The molecule has 2 N–H and O–H groups in total. The summed E-state index contributed by atoms with van der Waals surface area (Å²) in [5, 5.41) is 21.9. The lowest BCUT2D eigenvalue weighted by Crippen LogP contribution is -2.58. The molecule has 216 valence electrons. The van der Waals surface area contributed by atoms with Gasteiger partial charge in [0, 0.05) is 38.8 Å². The van der Waals surface area contributed by atoms with Crippen molar-refractivity contribution in [2.75, 3.05) is 31.1 Å². The molecule has 1 amide bonds. The molecule has 10 atom stereocenters. The minimum atomic E-state index is -0.219. The molecule has 0 unspecified atom stereocenters. The van der Waals surface area contributed by atoms with Crippen molar-refractivity contribution in [2.24, 2.45) is 46.3 Å². The van der Waals surface area contributed by atoms with Gasteiger partial charge in [-0.15, -0.1) is 0 Å². The highest BCUT2D eigenvalue weighted by Crippen LogP contribution is 2.68. The highest BCUT2D eigenvalue weighted by Gasteiger charge is 2.62. The Morgan fingerprint density at radius 3 is 2.49 bits per heavy atom. The molecule has 4 saturated carbocycles. The van der Waals surface area contributed by atoms with E-state index in [0.29, 0.717) is 47.8 Å². The minimum absolute atomic E-state index is 0.176. The number of aliphatic hydroxyl groups is 2. The number of aromatic nitrogens is 1. The first-order chi connectivity index (χ1) is 18.7. The van der Waals surface area contributed by atoms with E-state index >= 15 is 0 Å². The Kier molecular flexibility index (Phi) is 7.50. The van der Waals surface area contributed by atoms with E-state index in [1.54, 1.807) is 0 Å². The Morgan fingerprint density at radius 2 is 1.74 bits per heavy atom. The van der Waals surface area contributed by atoms with Gasteiger partial charge in [-0.1, -0.05) is 26.8 Å². The molecule has 5 aliphatic rings. The van der Waals surface area contributed by atoms with Crippen LogP contribution in [0.15, 0.2) is 24.4 Å². The fraction of sp³-hybridized carbons (Fsp3) is 0.818. The van der Waals surface area contributed by atoms with E-state index in [9.17, 15) is 15.0 Å². The maximum absolute atomic E-state index is 13.2. The maximum Gasteiger partial charge on any atom is 0.222 e. The van der Waals surface area contributed by atoms with Crippen LogP contribution in [0, 0.1) is 46.3 Å². The van der Waals surface area contributed by atoms with E-state index in [0.717, 1.165) is 64.1 Å². The third-order valence-corrected chi connectivity index (χ3v) is 12.8. The Hall–Kier alpha value is -1.66. The van der Waals surface area contributed by atoms with Crippen molar-refractivity contribution < 1.29 is 15.0 Å². The molecule has 0 bridgehead atoms. The first-order valence-electron chi connectivity index (χ1n) is 16.0. The van der Waals surface area contributed by atoms with Crippen molar-refractivity contribution in [1.82, 2.24) is 9.88 Å². The van der Waals surface area contributed by atoms with Crippen LogP contribution < -0.4 is 4.90 Å². The molecule has 4 aliphatic carbocycles. The number of hydrogen-bond acceptors (Lipinski definition) is 5. The van der Waals surface area contributed by atoms with Crippen molar-refractivity contribution >= 4 is 11.7 Å². The number of hydrogen-bond donors (Lipinski definition) is 2. The lowest BCUT2D eigenvalue weighted by atomic mass is 9.43. The summed E-state index contributed by atoms with van der Waals surface area (Å²) in [4.78, 5) is 22.0. The fourth-order valence-electron chi connectivity index (χ4n) is 10.6. The third kappa shape index (κ3) is 4.81. The highest BCUT2D eigenvalue weighted by atomic mass is 16.3. The van der Waals surface area contributed by atoms with Crippen LogP contribution in [0.2, 0.25) is 0 Å². The van der Waals surface area contributed by atoms with E-state index < -0.39 is 0 Å². The molecule has 6 nitrogen and oxygen atoms in total. The number of pyridine rings is 1. The molecular formula is C33H51N3O3. The number of rotatable bonds is 5. The minimum Gasteiger partial charge on any atom is -0.393 e. The van der Waals surface area contributed by atoms with Crippen LogP contribution in [0.3, 0.4) is 0 Å². The van der Waals surface area contributed by atoms with Crippen molar-refractivity contribution in [3.05, 3.63) is 24.4 Å². The summed E-state index contributed by atoms with van der Waals surface area (Å²) in [5.74, 6) is 4.56. The average molecular weight is 538 g/mol. The van der Waals surface area contributed by atoms with Gasteiger partial charge >= 0.3 is 0 Å². The number of fused-ring (bicyclic) bond motifs is 5. The molecule has 2 heterocycles. The summed E-state index contributed by atoms with van der Waals surface area (Å²) in [6, 6.07) is 6.01. The first kappa shape index (κ1) is 27.5. The lowest BCUT2D eigenvalue weighted by molar-refractivity contribution is -0.174. The fourth-order valence-corrected chi connectivity index (χ4v) is 10.6. The van der Waals surface area contributed by atoms with Crippen LogP contribution in [0.25, 0.3) is 0 Å². The number of carbonyl (C=O) groups excluding carboxylic acids is 1. The maximum atomic E-state index is 13.2. The molecule has 0 aromatic carbocycles. The summed E-state index contributed by atoms with van der Waals surface area (Å²) in [6.07, 6.45) is 11.8. The van der Waals surface area contributed by atoms with Gasteiger partial charge in [-0.25, -0.2) is 4.98 Å². The predicted octanol–water partition coefficient (Wildman–Crippen LogP) is 5.14. The molecule has 1 saturated heterocycles. The first-order valence-corrected chi connectivity index (χ1v) is 16.0. The SMILES string of the molecule is C[C@H](CCC(=O)N1CCN(c2ccccn2)CC1)[C@H]1CC[C@H]2[C@@H]3[C@H](O)C[C@@H]4C[C@H](O)CC[C@]4(C)[C@H]3CC[C@]12C. The molecule has 39 heavy (non-hydrogen) atoms. The van der Waals surface area contributed by atoms with Gasteiger partial charge in [-0.2, -0.15) is 0 Å². The zero-order valence-corrected chi connectivity index (χ0v) is 24.5. The second-order valence-electron chi connectivity index (χ2n) is 14.5. The number of carbonyl (C=O) groups is 1. The van der Waals surface area contributed by atoms with Crippen LogP contribution in [-0.4, -0.2) is 64.4 Å². The van der Waals surface area contributed by atoms with Gasteiger partial charge in [0.2, 0.25) is 5.91 Å². The third-order valence-electron chi connectivity index (χ3n) is 12.8. The smallest absolute Gasteiger partial charge is 0.222 e. The zero-order chi connectivity index (χ0) is 27.4. The van der Waals surface area contributed by atoms with E-state index in [1.807, 2.05) is 24.4 Å². The molecule has 1 aromatic rings. The second-order valence-corrected chi connectivity index (χ2v) is 14.5. The molecule has 0 radical (unpaired) electrons. The Bertz CT molecular complexity index is 1010. The molecule has 0 spiro atoms. The zero-order valence-electron chi connectivity index (χ0n) is 24.5. The van der Waals surface area contributed by atoms with Crippen LogP contribution in [0.5, 0.6) is 0 Å². The van der Waals surface area contributed by atoms with Crippen molar-refractivity contribution in [3.63, 3.8) is 0 Å². The highest BCUT2D eigenvalue weighted by molar-refractivity contribution is 5.76. The number of piperazine rings is 1. The predicted molar refractivity (Wildman–Crippen MR) is 154 cm³/mol. The average Bonchev–Trinajstić information content (AvgIpc) is 3.30. The monoisotopic (exact) mass is 537 g/mol. The number of aliphatic hydroxyl groups excluding tert-OH is 2. The molecular weight excluding hydrogens is 486 g/mol. The summed E-state index contributed by atoms with van der Waals surface area (Å²) >= 11 is 0. The molecule has 1 aliphatic heterocycles. The number of amides is 1. The van der Waals surface area contributed by atoms with Gasteiger partial charge in [0.05, 0.1) is 12.2 Å². The van der Waals surface area contributed by atoms with Gasteiger partial charge in [0.1, 0.15) is 5.82 Å². The Labute approximate surface area is 235 Å². The normalized spacial score (nSPS) is 42.8. The van der Waals surface area contributed by atoms with Gasteiger partial charge in [-0.3, -0.25) is 4.79 Å². The second kappa shape index (κ2) is 10.6. The summed E-state index contributed by atoms with van der Waals surface area (Å²) in [7, 11) is 0. The van der Waals surface area contributed by atoms with Gasteiger partial charge in [0.25, 0.3) is 0 Å². The van der Waals surface area contributed by atoms with Crippen LogP contribution in [-0.2, 0) is 4.79 Å². The molecule has 1 aromatic heterocycles. The molecule has 6 rings (SSSR count). The summed E-state index contributed by atoms with van der Waals surface area (Å²) in [5.41, 5.74) is 0.553. The summed E-state index contributed by atoms with van der Waals surface area (Å²) < 4.78 is 0. The van der Waals surface area contributed by atoms with E-state index in [4.69, 9.17) is 0 Å².